The number of aromatic nitrogens is 1. The van der Waals surface area contributed by atoms with Crippen molar-refractivity contribution in [2.24, 2.45) is 4.99 Å². The van der Waals surface area contributed by atoms with Gasteiger partial charge in [-0.1, -0.05) is 72.8 Å². The molecule has 6 heteroatoms. The van der Waals surface area contributed by atoms with Gasteiger partial charge in [-0.2, -0.15) is 5.26 Å². The van der Waals surface area contributed by atoms with Crippen LogP contribution in [0, 0.1) is 11.5 Å². The summed E-state index contributed by atoms with van der Waals surface area (Å²) in [6.07, 6.45) is 5.16. The Morgan fingerprint density at radius 1 is 0.879 bits per heavy atom. The van der Waals surface area contributed by atoms with E-state index in [2.05, 4.69) is 38.8 Å². The van der Waals surface area contributed by atoms with E-state index >= 15 is 0 Å². The minimum atomic E-state index is 0.371. The largest absolute Gasteiger partial charge is 0.488 e. The standard InChI is InChI=1S/C27H23N5O/c28-20-31-27(32-24-9-6-16-29-18-24)30-17-21-12-14-22(15-13-21)19-33-26-11-5-4-10-25(26)23-7-2-1-3-8-23/h1-16,18H,17,19H2,(H2,30,31,32). The highest BCUT2D eigenvalue weighted by Crippen LogP contribution is 2.30. The van der Waals surface area contributed by atoms with Gasteiger partial charge in [-0.15, -0.1) is 4.99 Å². The van der Waals surface area contributed by atoms with Crippen LogP contribution in [0.3, 0.4) is 0 Å². The van der Waals surface area contributed by atoms with Crippen LogP contribution >= 0.6 is 0 Å². The van der Waals surface area contributed by atoms with Crippen LogP contribution in [0.4, 0.5) is 5.69 Å². The third-order valence-corrected chi connectivity index (χ3v) is 4.94. The van der Waals surface area contributed by atoms with Crippen molar-refractivity contribution in [2.45, 2.75) is 13.2 Å². The third kappa shape index (κ3) is 6.18. The molecule has 0 saturated carbocycles. The smallest absolute Gasteiger partial charge is 0.212 e. The minimum Gasteiger partial charge on any atom is -0.488 e. The number of hydrogen-bond acceptors (Lipinski definition) is 4. The molecule has 6 nitrogen and oxygen atoms in total. The van der Waals surface area contributed by atoms with Crippen LogP contribution in [0.1, 0.15) is 11.1 Å². The van der Waals surface area contributed by atoms with Crippen LogP contribution < -0.4 is 15.4 Å². The van der Waals surface area contributed by atoms with Gasteiger partial charge in [0, 0.05) is 18.3 Å². The summed E-state index contributed by atoms with van der Waals surface area (Å²) in [5, 5.41) is 15.1. The van der Waals surface area contributed by atoms with Gasteiger partial charge in [0.2, 0.25) is 12.2 Å². The zero-order valence-electron chi connectivity index (χ0n) is 18.0. The molecule has 162 valence electrons. The molecule has 0 aliphatic carbocycles. The van der Waals surface area contributed by atoms with Gasteiger partial charge in [0.15, 0.2) is 0 Å². The van der Waals surface area contributed by atoms with Gasteiger partial charge in [0.25, 0.3) is 0 Å². The lowest BCUT2D eigenvalue weighted by Crippen LogP contribution is -2.30. The fourth-order valence-electron chi connectivity index (χ4n) is 3.28. The second kappa shape index (κ2) is 11.1. The van der Waals surface area contributed by atoms with Gasteiger partial charge in [0.1, 0.15) is 12.4 Å². The Balaban J connectivity index is 1.35. The Morgan fingerprint density at radius 3 is 2.39 bits per heavy atom. The summed E-state index contributed by atoms with van der Waals surface area (Å²) >= 11 is 0. The van der Waals surface area contributed by atoms with Crippen LogP contribution in [-0.4, -0.2) is 10.9 Å². The van der Waals surface area contributed by atoms with Crippen molar-refractivity contribution in [3.05, 3.63) is 115 Å². The molecule has 0 radical (unpaired) electrons. The molecule has 0 spiro atoms. The fourth-order valence-corrected chi connectivity index (χ4v) is 3.28. The number of nitrogens with zero attached hydrogens (tertiary/aromatic N) is 3. The van der Waals surface area contributed by atoms with E-state index in [1.165, 1.54) is 0 Å². The van der Waals surface area contributed by atoms with Crippen LogP contribution in [0.5, 0.6) is 5.75 Å². The second-order valence-corrected chi connectivity index (χ2v) is 7.25. The number of anilines is 1. The molecule has 3 aromatic carbocycles. The Hall–Kier alpha value is -4.63. The number of ether oxygens (including phenoxy) is 1. The van der Waals surface area contributed by atoms with Crippen molar-refractivity contribution in [3.63, 3.8) is 0 Å². The summed E-state index contributed by atoms with van der Waals surface area (Å²) in [7, 11) is 0. The summed E-state index contributed by atoms with van der Waals surface area (Å²) in [5.74, 6) is 1.23. The Bertz CT molecular complexity index is 1230. The molecule has 4 aromatic rings. The summed E-state index contributed by atoms with van der Waals surface area (Å²) in [6.45, 7) is 0.993. The number of rotatable bonds is 7. The second-order valence-electron chi connectivity index (χ2n) is 7.25. The summed E-state index contributed by atoms with van der Waals surface area (Å²) < 4.78 is 6.13. The molecule has 0 bridgehead atoms. The number of nitriles is 1. The summed E-state index contributed by atoms with van der Waals surface area (Å²) in [6, 6.07) is 30.1. The van der Waals surface area contributed by atoms with Gasteiger partial charge in [-0.25, -0.2) is 0 Å². The highest BCUT2D eigenvalue weighted by molar-refractivity contribution is 5.93. The molecule has 0 saturated heterocycles. The van der Waals surface area contributed by atoms with Crippen molar-refractivity contribution < 1.29 is 4.74 Å². The van der Waals surface area contributed by atoms with E-state index in [0.29, 0.717) is 19.1 Å². The van der Waals surface area contributed by atoms with Gasteiger partial charge < -0.3 is 15.4 Å². The van der Waals surface area contributed by atoms with E-state index in [-0.39, 0.29) is 0 Å². The maximum absolute atomic E-state index is 8.95. The van der Waals surface area contributed by atoms with Crippen LogP contribution in [-0.2, 0) is 13.2 Å². The van der Waals surface area contributed by atoms with Gasteiger partial charge in [-0.3, -0.25) is 4.98 Å². The fraction of sp³-hybridized carbons (Fsp3) is 0.0741. The SMILES string of the molecule is N#C/N=C(/NCc1ccc(COc2ccccc2-c2ccccc2)cc1)Nc1cccnc1. The van der Waals surface area contributed by atoms with Crippen molar-refractivity contribution >= 4 is 11.6 Å². The minimum absolute atomic E-state index is 0.371. The number of hydrogen-bond donors (Lipinski definition) is 2. The van der Waals surface area contributed by atoms with Crippen LogP contribution in [0.15, 0.2) is 108 Å². The van der Waals surface area contributed by atoms with Crippen LogP contribution in [0.2, 0.25) is 0 Å². The highest BCUT2D eigenvalue weighted by Gasteiger charge is 2.06. The molecule has 4 rings (SSSR count). The zero-order chi connectivity index (χ0) is 22.7. The average molecular weight is 434 g/mol. The third-order valence-electron chi connectivity index (χ3n) is 4.94. The number of para-hydroxylation sites is 1. The normalized spacial score (nSPS) is 10.8. The molecule has 1 aromatic heterocycles. The lowest BCUT2D eigenvalue weighted by atomic mass is 10.0. The van der Waals surface area contributed by atoms with Crippen molar-refractivity contribution in [1.82, 2.24) is 10.3 Å². The van der Waals surface area contributed by atoms with E-state index in [9.17, 15) is 0 Å². The number of guanidine groups is 1. The number of pyridine rings is 1. The van der Waals surface area contributed by atoms with E-state index in [0.717, 1.165) is 33.7 Å². The molecule has 2 N–H and O–H groups in total. The lowest BCUT2D eigenvalue weighted by Gasteiger charge is -2.13. The molecule has 0 unspecified atom stereocenters. The first-order valence-corrected chi connectivity index (χ1v) is 10.5. The first-order valence-electron chi connectivity index (χ1n) is 10.5. The Labute approximate surface area is 193 Å². The van der Waals surface area contributed by atoms with Gasteiger partial charge in [-0.05, 0) is 34.9 Å². The molecule has 33 heavy (non-hydrogen) atoms. The van der Waals surface area contributed by atoms with Gasteiger partial charge in [0.05, 0.1) is 11.9 Å². The summed E-state index contributed by atoms with van der Waals surface area (Å²) in [4.78, 5) is 7.85. The van der Waals surface area contributed by atoms with E-state index in [1.54, 1.807) is 12.4 Å². The van der Waals surface area contributed by atoms with Gasteiger partial charge >= 0.3 is 0 Å². The topological polar surface area (TPSA) is 82.3 Å². The zero-order valence-corrected chi connectivity index (χ0v) is 18.0. The molecular weight excluding hydrogens is 410 g/mol. The molecule has 0 amide bonds. The first kappa shape index (κ1) is 21.6. The maximum Gasteiger partial charge on any atom is 0.212 e. The summed E-state index contributed by atoms with van der Waals surface area (Å²) in [5.41, 5.74) is 5.08. The average Bonchev–Trinajstić information content (AvgIpc) is 2.88. The molecule has 1 heterocycles. The molecule has 0 atom stereocenters. The molecule has 0 aliphatic rings. The number of aliphatic imine (C=N–C) groups is 1. The molecule has 0 aliphatic heterocycles. The van der Waals surface area contributed by atoms with E-state index in [4.69, 9.17) is 10.00 Å². The molecule has 0 fully saturated rings. The predicted molar refractivity (Wildman–Crippen MR) is 130 cm³/mol. The van der Waals surface area contributed by atoms with Crippen molar-refractivity contribution in [1.29, 1.82) is 5.26 Å². The Morgan fingerprint density at radius 2 is 1.64 bits per heavy atom. The lowest BCUT2D eigenvalue weighted by molar-refractivity contribution is 0.307. The van der Waals surface area contributed by atoms with E-state index in [1.807, 2.05) is 79.0 Å². The van der Waals surface area contributed by atoms with E-state index < -0.39 is 0 Å². The predicted octanol–water partition coefficient (Wildman–Crippen LogP) is 5.37. The maximum atomic E-state index is 8.95. The van der Waals surface area contributed by atoms with Crippen molar-refractivity contribution in [3.8, 4) is 23.1 Å². The van der Waals surface area contributed by atoms with Crippen LogP contribution in [0.25, 0.3) is 11.1 Å². The first-order chi connectivity index (χ1) is 16.3. The monoisotopic (exact) mass is 433 g/mol. The highest BCUT2D eigenvalue weighted by atomic mass is 16.5. The Kier molecular flexibility index (Phi) is 7.28. The molecular formula is C27H23N5O. The van der Waals surface area contributed by atoms with Crippen molar-refractivity contribution in [2.75, 3.05) is 5.32 Å². The number of benzene rings is 3. The quantitative estimate of drug-likeness (QED) is 0.233. The number of nitrogens with one attached hydrogen (secondary N) is 2.